The van der Waals surface area contributed by atoms with E-state index in [0.717, 1.165) is 6.20 Å². The maximum atomic E-state index is 13.2. The zero-order valence-corrected chi connectivity index (χ0v) is 10.5. The van der Waals surface area contributed by atoms with E-state index >= 15 is 0 Å². The van der Waals surface area contributed by atoms with Crippen LogP contribution in [0, 0.1) is 5.82 Å². The van der Waals surface area contributed by atoms with Crippen LogP contribution in [-0.4, -0.2) is 34.2 Å². The Morgan fingerprint density at radius 3 is 2.65 bits per heavy atom. The number of aromatic nitrogens is 1. The molecule has 1 rings (SSSR count). The highest BCUT2D eigenvalue weighted by molar-refractivity contribution is 5.41. The summed E-state index contributed by atoms with van der Waals surface area (Å²) in [6.07, 6.45) is 1.11. The van der Waals surface area contributed by atoms with Crippen molar-refractivity contribution in [1.82, 2.24) is 9.88 Å². The lowest BCUT2D eigenvalue weighted by molar-refractivity contribution is 0.126. The van der Waals surface area contributed by atoms with E-state index in [0.29, 0.717) is 17.9 Å². The Balaban J connectivity index is 2.99. The largest absolute Gasteiger partial charge is 0.395 e. The van der Waals surface area contributed by atoms with Crippen LogP contribution < -0.4 is 5.73 Å². The van der Waals surface area contributed by atoms with Gasteiger partial charge >= 0.3 is 0 Å². The number of pyridine rings is 1. The maximum Gasteiger partial charge on any atom is 0.141 e. The van der Waals surface area contributed by atoms with Gasteiger partial charge in [-0.25, -0.2) is 9.37 Å². The van der Waals surface area contributed by atoms with Crippen LogP contribution in [0.25, 0.3) is 0 Å². The lowest BCUT2D eigenvalue weighted by Crippen LogP contribution is -2.36. The first-order chi connectivity index (χ1) is 7.97. The summed E-state index contributed by atoms with van der Waals surface area (Å²) in [5.41, 5.74) is 6.42. The second kappa shape index (κ2) is 5.93. The molecule has 0 aliphatic heterocycles. The fraction of sp³-hybridized carbons (Fsp3) is 0.583. The van der Waals surface area contributed by atoms with Gasteiger partial charge in [0.15, 0.2) is 0 Å². The first-order valence-electron chi connectivity index (χ1n) is 5.75. The van der Waals surface area contributed by atoms with E-state index < -0.39 is 5.82 Å². The molecule has 0 aliphatic rings. The monoisotopic (exact) mass is 241 g/mol. The zero-order valence-electron chi connectivity index (χ0n) is 10.5. The highest BCUT2D eigenvalue weighted by Crippen LogP contribution is 2.26. The molecule has 96 valence electrons. The van der Waals surface area contributed by atoms with Crippen LogP contribution in [0.4, 0.5) is 10.2 Å². The summed E-state index contributed by atoms with van der Waals surface area (Å²) >= 11 is 0. The molecule has 17 heavy (non-hydrogen) atoms. The van der Waals surface area contributed by atoms with E-state index in [1.54, 1.807) is 0 Å². The fourth-order valence-electron chi connectivity index (χ4n) is 1.99. The van der Waals surface area contributed by atoms with Gasteiger partial charge < -0.3 is 10.8 Å². The van der Waals surface area contributed by atoms with Crippen LogP contribution in [0.2, 0.25) is 0 Å². The van der Waals surface area contributed by atoms with Gasteiger partial charge in [-0.2, -0.15) is 0 Å². The predicted molar refractivity (Wildman–Crippen MR) is 66.0 cm³/mol. The number of anilines is 1. The number of aliphatic hydroxyl groups excluding tert-OH is 1. The molecule has 0 aliphatic carbocycles. The summed E-state index contributed by atoms with van der Waals surface area (Å²) in [4.78, 5) is 5.86. The van der Waals surface area contributed by atoms with Crippen LogP contribution in [0.15, 0.2) is 12.3 Å². The standard InChI is InChI=1S/C12H20FN3O/c1-8(2)16(4-5-17)9(3)11-6-10(13)7-15-12(11)14/h6-9,17H,4-5H2,1-3H3,(H2,14,15). The number of hydrogen-bond acceptors (Lipinski definition) is 4. The Hall–Kier alpha value is -1.20. The van der Waals surface area contributed by atoms with Gasteiger partial charge in [-0.05, 0) is 26.8 Å². The Labute approximate surface area is 101 Å². The molecule has 5 heteroatoms. The average molecular weight is 241 g/mol. The molecule has 1 aromatic rings. The van der Waals surface area contributed by atoms with E-state index in [4.69, 9.17) is 10.8 Å². The SMILES string of the molecule is CC(C)N(CCO)C(C)c1cc(F)cnc1N. The van der Waals surface area contributed by atoms with Crippen molar-refractivity contribution in [1.29, 1.82) is 0 Å². The van der Waals surface area contributed by atoms with Crippen LogP contribution in [0.5, 0.6) is 0 Å². The molecule has 0 amide bonds. The van der Waals surface area contributed by atoms with Crippen molar-refractivity contribution >= 4 is 5.82 Å². The van der Waals surface area contributed by atoms with Crippen molar-refractivity contribution in [2.75, 3.05) is 18.9 Å². The van der Waals surface area contributed by atoms with Crippen LogP contribution >= 0.6 is 0 Å². The molecular formula is C12H20FN3O. The summed E-state index contributed by atoms with van der Waals surface area (Å²) < 4.78 is 13.2. The molecular weight excluding hydrogens is 221 g/mol. The topological polar surface area (TPSA) is 62.4 Å². The molecule has 1 unspecified atom stereocenters. The Morgan fingerprint density at radius 1 is 1.47 bits per heavy atom. The summed E-state index contributed by atoms with van der Waals surface area (Å²) in [6, 6.07) is 1.56. The molecule has 0 spiro atoms. The molecule has 0 bridgehead atoms. The van der Waals surface area contributed by atoms with E-state index in [1.807, 2.05) is 25.7 Å². The van der Waals surface area contributed by atoms with Crippen LogP contribution in [0.3, 0.4) is 0 Å². The van der Waals surface area contributed by atoms with Gasteiger partial charge in [0.1, 0.15) is 11.6 Å². The molecule has 0 radical (unpaired) electrons. The number of nitrogens with two attached hydrogens (primary N) is 1. The lowest BCUT2D eigenvalue weighted by atomic mass is 10.1. The number of aliphatic hydroxyl groups is 1. The van der Waals surface area contributed by atoms with Gasteiger partial charge in [-0.1, -0.05) is 0 Å². The average Bonchev–Trinajstić information content (AvgIpc) is 2.28. The van der Waals surface area contributed by atoms with E-state index in [-0.39, 0.29) is 18.7 Å². The first kappa shape index (κ1) is 13.9. The quantitative estimate of drug-likeness (QED) is 0.821. The Kier molecular flexibility index (Phi) is 4.84. The van der Waals surface area contributed by atoms with Gasteiger partial charge in [0.25, 0.3) is 0 Å². The Bertz CT molecular complexity index is 371. The highest BCUT2D eigenvalue weighted by Gasteiger charge is 2.21. The number of nitrogen functional groups attached to an aromatic ring is 1. The van der Waals surface area contributed by atoms with E-state index in [2.05, 4.69) is 4.98 Å². The van der Waals surface area contributed by atoms with Crippen LogP contribution in [-0.2, 0) is 0 Å². The zero-order chi connectivity index (χ0) is 13.0. The molecule has 1 aromatic heterocycles. The summed E-state index contributed by atoms with van der Waals surface area (Å²) in [6.45, 7) is 6.56. The molecule has 0 fully saturated rings. The fourth-order valence-corrected chi connectivity index (χ4v) is 1.99. The summed E-state index contributed by atoms with van der Waals surface area (Å²) in [5, 5.41) is 9.04. The molecule has 0 aromatic carbocycles. The maximum absolute atomic E-state index is 13.2. The molecule has 3 N–H and O–H groups in total. The van der Waals surface area contributed by atoms with Gasteiger partial charge in [0.05, 0.1) is 12.8 Å². The molecule has 4 nitrogen and oxygen atoms in total. The van der Waals surface area contributed by atoms with Gasteiger partial charge in [0, 0.05) is 24.2 Å². The van der Waals surface area contributed by atoms with Gasteiger partial charge in [0.2, 0.25) is 0 Å². The first-order valence-corrected chi connectivity index (χ1v) is 5.75. The summed E-state index contributed by atoms with van der Waals surface area (Å²) in [7, 11) is 0. The minimum absolute atomic E-state index is 0.0607. The number of hydrogen-bond donors (Lipinski definition) is 2. The van der Waals surface area contributed by atoms with Crippen molar-refractivity contribution < 1.29 is 9.50 Å². The Morgan fingerprint density at radius 2 is 2.12 bits per heavy atom. The van der Waals surface area contributed by atoms with Crippen molar-refractivity contribution in [2.45, 2.75) is 32.9 Å². The molecule has 0 saturated carbocycles. The number of nitrogens with zero attached hydrogens (tertiary/aromatic N) is 2. The molecule has 1 atom stereocenters. The second-order valence-electron chi connectivity index (χ2n) is 4.36. The minimum atomic E-state index is -0.395. The number of rotatable bonds is 5. The third-order valence-electron chi connectivity index (χ3n) is 2.89. The van der Waals surface area contributed by atoms with E-state index in [9.17, 15) is 4.39 Å². The predicted octanol–water partition coefficient (Wildman–Crippen LogP) is 1.57. The van der Waals surface area contributed by atoms with Crippen molar-refractivity contribution in [3.63, 3.8) is 0 Å². The van der Waals surface area contributed by atoms with Crippen LogP contribution in [0.1, 0.15) is 32.4 Å². The van der Waals surface area contributed by atoms with Crippen molar-refractivity contribution in [3.05, 3.63) is 23.6 Å². The smallest absolute Gasteiger partial charge is 0.141 e. The second-order valence-corrected chi connectivity index (χ2v) is 4.36. The lowest BCUT2D eigenvalue weighted by Gasteiger charge is -2.32. The van der Waals surface area contributed by atoms with Crippen molar-refractivity contribution in [2.24, 2.45) is 0 Å². The highest BCUT2D eigenvalue weighted by atomic mass is 19.1. The third kappa shape index (κ3) is 3.38. The summed E-state index contributed by atoms with van der Waals surface area (Å²) in [5.74, 6) is -0.0590. The molecule has 0 saturated heterocycles. The minimum Gasteiger partial charge on any atom is -0.395 e. The normalized spacial score (nSPS) is 13.4. The number of halogens is 1. The van der Waals surface area contributed by atoms with Crippen molar-refractivity contribution in [3.8, 4) is 0 Å². The van der Waals surface area contributed by atoms with Gasteiger partial charge in [-0.15, -0.1) is 0 Å². The molecule has 1 heterocycles. The van der Waals surface area contributed by atoms with Gasteiger partial charge in [-0.3, -0.25) is 4.90 Å². The third-order valence-corrected chi connectivity index (χ3v) is 2.89. The van der Waals surface area contributed by atoms with E-state index in [1.165, 1.54) is 6.07 Å².